The van der Waals surface area contributed by atoms with Gasteiger partial charge in [-0.25, -0.2) is 0 Å². The Kier molecular flexibility index (Phi) is 3.66. The van der Waals surface area contributed by atoms with E-state index in [1.54, 1.807) is 4.68 Å². The summed E-state index contributed by atoms with van der Waals surface area (Å²) in [5.41, 5.74) is 2.20. The van der Waals surface area contributed by atoms with Crippen LogP contribution in [0.5, 0.6) is 0 Å². The molecule has 0 fully saturated rings. The van der Waals surface area contributed by atoms with Gasteiger partial charge in [0.15, 0.2) is 0 Å². The minimum absolute atomic E-state index is 0.188. The predicted octanol–water partition coefficient (Wildman–Crippen LogP) is 1.25. The molecule has 1 N–H and O–H groups in total. The van der Waals surface area contributed by atoms with Crippen molar-refractivity contribution < 1.29 is 5.11 Å². The lowest BCUT2D eigenvalue weighted by atomic mass is 10.1. The van der Waals surface area contributed by atoms with Gasteiger partial charge >= 0.3 is 0 Å². The lowest BCUT2D eigenvalue weighted by molar-refractivity contribution is 0.276. The fourth-order valence-corrected chi connectivity index (χ4v) is 1.57. The quantitative estimate of drug-likeness (QED) is 0.820. The number of rotatable bonds is 5. The highest BCUT2D eigenvalue weighted by Crippen LogP contribution is 2.05. The average Bonchev–Trinajstić information content (AvgIpc) is 2.75. The van der Waals surface area contributed by atoms with Crippen LogP contribution in [0.3, 0.4) is 0 Å². The number of aliphatic hydroxyl groups is 1. The normalized spacial score (nSPS) is 10.6. The molecule has 0 unspecified atom stereocenters. The Balaban J connectivity index is 1.97. The summed E-state index contributed by atoms with van der Waals surface area (Å²) in [6, 6.07) is 10.2. The molecule has 0 aliphatic heterocycles. The molecule has 0 radical (unpaired) electrons. The molecule has 2 aromatic rings. The zero-order valence-corrected chi connectivity index (χ0v) is 9.08. The molecule has 1 aromatic heterocycles. The molecule has 4 heteroatoms. The second-order valence-corrected chi connectivity index (χ2v) is 3.71. The first kappa shape index (κ1) is 10.8. The highest BCUT2D eigenvalue weighted by atomic mass is 16.3. The van der Waals surface area contributed by atoms with E-state index in [2.05, 4.69) is 22.4 Å². The number of hydrogen-bond acceptors (Lipinski definition) is 3. The minimum Gasteiger partial charge on any atom is -0.396 e. The van der Waals surface area contributed by atoms with Crippen molar-refractivity contribution in [3.63, 3.8) is 0 Å². The Hall–Kier alpha value is -1.68. The van der Waals surface area contributed by atoms with Crippen LogP contribution in [0, 0.1) is 0 Å². The first-order valence-corrected chi connectivity index (χ1v) is 5.42. The largest absolute Gasteiger partial charge is 0.396 e. The Labute approximate surface area is 94.5 Å². The zero-order chi connectivity index (χ0) is 11.2. The van der Waals surface area contributed by atoms with Gasteiger partial charge in [-0.15, -0.1) is 5.10 Å². The summed E-state index contributed by atoms with van der Waals surface area (Å²) in [7, 11) is 0. The summed E-state index contributed by atoms with van der Waals surface area (Å²) in [4.78, 5) is 0. The molecule has 0 atom stereocenters. The van der Waals surface area contributed by atoms with Crippen molar-refractivity contribution in [2.45, 2.75) is 19.4 Å². The predicted molar refractivity (Wildman–Crippen MR) is 61.0 cm³/mol. The van der Waals surface area contributed by atoms with Gasteiger partial charge in [-0.2, -0.15) is 0 Å². The lowest BCUT2D eigenvalue weighted by Crippen LogP contribution is -2.00. The maximum absolute atomic E-state index is 8.71. The van der Waals surface area contributed by atoms with Gasteiger partial charge in [0.05, 0.1) is 5.69 Å². The molecule has 84 valence electrons. The molecule has 0 aliphatic rings. The number of hydrogen-bond donors (Lipinski definition) is 1. The van der Waals surface area contributed by atoms with Crippen molar-refractivity contribution >= 4 is 0 Å². The minimum atomic E-state index is 0.188. The van der Waals surface area contributed by atoms with Crippen molar-refractivity contribution in [2.75, 3.05) is 6.61 Å². The molecule has 0 saturated carbocycles. The van der Waals surface area contributed by atoms with E-state index in [0.29, 0.717) is 6.42 Å². The molecule has 1 aromatic carbocycles. The van der Waals surface area contributed by atoms with E-state index < -0.39 is 0 Å². The fourth-order valence-electron chi connectivity index (χ4n) is 1.57. The molecular weight excluding hydrogens is 202 g/mol. The topological polar surface area (TPSA) is 50.9 Å². The van der Waals surface area contributed by atoms with Gasteiger partial charge in [-0.05, 0) is 12.0 Å². The van der Waals surface area contributed by atoms with Crippen molar-refractivity contribution in [3.05, 3.63) is 47.8 Å². The van der Waals surface area contributed by atoms with Gasteiger partial charge in [0.25, 0.3) is 0 Å². The summed E-state index contributed by atoms with van der Waals surface area (Å²) in [6.07, 6.45) is 3.46. The Morgan fingerprint density at radius 3 is 2.75 bits per heavy atom. The van der Waals surface area contributed by atoms with Crippen LogP contribution < -0.4 is 0 Å². The highest BCUT2D eigenvalue weighted by molar-refractivity contribution is 5.19. The van der Waals surface area contributed by atoms with E-state index in [4.69, 9.17) is 5.11 Å². The second kappa shape index (κ2) is 5.42. The van der Waals surface area contributed by atoms with Gasteiger partial charge in [-0.1, -0.05) is 35.5 Å². The fraction of sp³-hybridized carbons (Fsp3) is 0.333. The van der Waals surface area contributed by atoms with Crippen LogP contribution in [0.2, 0.25) is 0 Å². The van der Waals surface area contributed by atoms with E-state index in [1.165, 1.54) is 5.56 Å². The molecule has 1 heterocycles. The van der Waals surface area contributed by atoms with Gasteiger partial charge in [0.2, 0.25) is 0 Å². The summed E-state index contributed by atoms with van der Waals surface area (Å²) in [6.45, 7) is 0.909. The smallest absolute Gasteiger partial charge is 0.0870 e. The Bertz CT molecular complexity index is 425. The molecule has 16 heavy (non-hydrogen) atoms. The molecule has 0 spiro atoms. The zero-order valence-electron chi connectivity index (χ0n) is 9.08. The van der Waals surface area contributed by atoms with E-state index >= 15 is 0 Å². The van der Waals surface area contributed by atoms with Crippen LogP contribution in [-0.2, 0) is 13.0 Å². The summed E-state index contributed by atoms with van der Waals surface area (Å²) < 4.78 is 1.77. The molecule has 0 bridgehead atoms. The van der Waals surface area contributed by atoms with E-state index in [1.807, 2.05) is 24.4 Å². The molecular formula is C12H15N3O. The molecule has 0 amide bonds. The average molecular weight is 217 g/mol. The molecule has 0 aliphatic carbocycles. The lowest BCUT2D eigenvalue weighted by Gasteiger charge is -1.96. The van der Waals surface area contributed by atoms with Gasteiger partial charge in [0.1, 0.15) is 0 Å². The van der Waals surface area contributed by atoms with E-state index in [9.17, 15) is 0 Å². The second-order valence-electron chi connectivity index (χ2n) is 3.71. The van der Waals surface area contributed by atoms with Crippen molar-refractivity contribution in [3.8, 4) is 0 Å². The van der Waals surface area contributed by atoms with Gasteiger partial charge in [-0.3, -0.25) is 4.68 Å². The third-order valence-corrected chi connectivity index (χ3v) is 2.36. The number of benzene rings is 1. The van der Waals surface area contributed by atoms with E-state index in [-0.39, 0.29) is 6.61 Å². The number of aliphatic hydroxyl groups excluding tert-OH is 1. The maximum atomic E-state index is 8.71. The Morgan fingerprint density at radius 1 is 1.19 bits per heavy atom. The van der Waals surface area contributed by atoms with Gasteiger partial charge < -0.3 is 5.11 Å². The Morgan fingerprint density at radius 2 is 2.00 bits per heavy atom. The van der Waals surface area contributed by atoms with Crippen molar-refractivity contribution in [1.82, 2.24) is 15.0 Å². The standard InChI is InChI=1S/C12H15N3O/c16-8-4-7-15-10-12(13-14-15)9-11-5-2-1-3-6-11/h1-3,5-6,10,16H,4,7-9H2. The van der Waals surface area contributed by atoms with Crippen molar-refractivity contribution in [2.24, 2.45) is 0 Å². The van der Waals surface area contributed by atoms with Crippen LogP contribution in [0.15, 0.2) is 36.5 Å². The summed E-state index contributed by atoms with van der Waals surface area (Å²) in [5, 5.41) is 16.8. The monoisotopic (exact) mass is 217 g/mol. The SMILES string of the molecule is OCCCn1cc(Cc2ccccc2)nn1. The highest BCUT2D eigenvalue weighted by Gasteiger charge is 2.01. The molecule has 0 saturated heterocycles. The maximum Gasteiger partial charge on any atom is 0.0870 e. The number of nitrogens with zero attached hydrogens (tertiary/aromatic N) is 3. The van der Waals surface area contributed by atoms with Crippen LogP contribution in [0.4, 0.5) is 0 Å². The first-order valence-electron chi connectivity index (χ1n) is 5.42. The van der Waals surface area contributed by atoms with Crippen LogP contribution >= 0.6 is 0 Å². The number of aryl methyl sites for hydroxylation is 1. The third kappa shape index (κ3) is 2.90. The van der Waals surface area contributed by atoms with Crippen LogP contribution in [0.25, 0.3) is 0 Å². The van der Waals surface area contributed by atoms with Crippen molar-refractivity contribution in [1.29, 1.82) is 0 Å². The number of aromatic nitrogens is 3. The summed E-state index contributed by atoms with van der Waals surface area (Å²) >= 11 is 0. The molecule has 2 rings (SSSR count). The van der Waals surface area contributed by atoms with Gasteiger partial charge in [0, 0.05) is 25.8 Å². The third-order valence-electron chi connectivity index (χ3n) is 2.36. The van der Waals surface area contributed by atoms with Crippen LogP contribution in [-0.4, -0.2) is 26.7 Å². The van der Waals surface area contributed by atoms with E-state index in [0.717, 1.165) is 18.7 Å². The summed E-state index contributed by atoms with van der Waals surface area (Å²) in [5.74, 6) is 0. The first-order chi connectivity index (χ1) is 7.88. The molecule has 4 nitrogen and oxygen atoms in total. The van der Waals surface area contributed by atoms with Crippen LogP contribution in [0.1, 0.15) is 17.7 Å².